The van der Waals surface area contributed by atoms with Gasteiger partial charge in [-0.05, 0) is 55.0 Å². The Hall–Kier alpha value is -4.03. The molecule has 1 amide bonds. The number of carbonyl (C=O) groups is 1. The highest BCUT2D eigenvalue weighted by molar-refractivity contribution is 6.32. The predicted molar refractivity (Wildman–Crippen MR) is 136 cm³/mol. The molecule has 0 saturated heterocycles. The van der Waals surface area contributed by atoms with Crippen LogP contribution in [-0.2, 0) is 0 Å². The van der Waals surface area contributed by atoms with Gasteiger partial charge in [-0.1, -0.05) is 48.0 Å². The molecule has 0 saturated carbocycles. The van der Waals surface area contributed by atoms with Crippen LogP contribution in [0, 0.1) is 6.92 Å². The number of hydrogen-bond acceptors (Lipinski definition) is 5. The van der Waals surface area contributed by atoms with Crippen LogP contribution in [0.15, 0.2) is 82.5 Å². The highest BCUT2D eigenvalue weighted by atomic mass is 35.5. The summed E-state index contributed by atoms with van der Waals surface area (Å²) in [6, 6.07) is 17.0. The van der Waals surface area contributed by atoms with Crippen molar-refractivity contribution in [2.75, 3.05) is 18.6 Å². The van der Waals surface area contributed by atoms with E-state index in [4.69, 9.17) is 25.5 Å². The van der Waals surface area contributed by atoms with Crippen LogP contribution in [0.4, 0.5) is 5.69 Å². The summed E-state index contributed by atoms with van der Waals surface area (Å²) < 4.78 is 17.0. The summed E-state index contributed by atoms with van der Waals surface area (Å²) in [7, 11) is 1.52. The number of methoxy groups -OCH3 is 1. The number of rotatable bonds is 6. The molecule has 4 aromatic rings. The van der Waals surface area contributed by atoms with Gasteiger partial charge >= 0.3 is 0 Å². The van der Waals surface area contributed by atoms with E-state index >= 15 is 0 Å². The Kier molecular flexibility index (Phi) is 5.83. The average Bonchev–Trinajstić information content (AvgIpc) is 3.16. The molecule has 0 aliphatic carbocycles. The summed E-state index contributed by atoms with van der Waals surface area (Å²) in [6.45, 7) is 5.91. The Balaban J connectivity index is 1.76. The molecule has 1 unspecified atom stereocenters. The molecule has 7 heteroatoms. The summed E-state index contributed by atoms with van der Waals surface area (Å²) in [5, 5.41) is 0.769. The molecular formula is C28H22ClNO5. The SMILES string of the molecule is C=CCOc1cccc(C2c3c(oc4ccc(C)cc4c3=O)C(=O)N2c2ccc(OC)c(Cl)c2)c1. The highest BCUT2D eigenvalue weighted by Crippen LogP contribution is 2.43. The summed E-state index contributed by atoms with van der Waals surface area (Å²) >= 11 is 6.40. The van der Waals surface area contributed by atoms with Crippen molar-refractivity contribution < 1.29 is 18.7 Å². The van der Waals surface area contributed by atoms with E-state index in [9.17, 15) is 9.59 Å². The van der Waals surface area contributed by atoms with Crippen LogP contribution in [-0.4, -0.2) is 19.6 Å². The topological polar surface area (TPSA) is 69.0 Å². The van der Waals surface area contributed by atoms with Gasteiger partial charge in [-0.25, -0.2) is 0 Å². The third kappa shape index (κ3) is 3.86. The number of benzene rings is 3. The first-order chi connectivity index (χ1) is 16.9. The van der Waals surface area contributed by atoms with Gasteiger partial charge in [0.1, 0.15) is 23.7 Å². The van der Waals surface area contributed by atoms with Crippen molar-refractivity contribution >= 4 is 34.2 Å². The van der Waals surface area contributed by atoms with Gasteiger partial charge < -0.3 is 13.9 Å². The molecule has 0 bridgehead atoms. The van der Waals surface area contributed by atoms with E-state index in [1.54, 1.807) is 36.4 Å². The molecule has 0 radical (unpaired) electrons. The van der Waals surface area contributed by atoms with Crippen LogP contribution in [0.1, 0.15) is 33.3 Å². The molecule has 2 heterocycles. The second-order valence-corrected chi connectivity index (χ2v) is 8.65. The number of anilines is 1. The predicted octanol–water partition coefficient (Wildman–Crippen LogP) is 6.08. The maximum atomic E-state index is 13.8. The number of amides is 1. The van der Waals surface area contributed by atoms with Crippen molar-refractivity contribution in [2.24, 2.45) is 0 Å². The third-order valence-corrected chi connectivity index (χ3v) is 6.28. The van der Waals surface area contributed by atoms with E-state index in [0.29, 0.717) is 45.3 Å². The first-order valence-electron chi connectivity index (χ1n) is 11.0. The molecule has 0 fully saturated rings. The van der Waals surface area contributed by atoms with Crippen LogP contribution in [0.3, 0.4) is 0 Å². The second-order valence-electron chi connectivity index (χ2n) is 8.24. The quantitative estimate of drug-likeness (QED) is 0.308. The number of halogens is 1. The summed E-state index contributed by atoms with van der Waals surface area (Å²) in [5.41, 5.74) is 2.52. The zero-order chi connectivity index (χ0) is 24.7. The minimum Gasteiger partial charge on any atom is -0.495 e. The minimum atomic E-state index is -0.740. The first kappa shape index (κ1) is 22.7. The minimum absolute atomic E-state index is 0.0145. The van der Waals surface area contributed by atoms with Crippen LogP contribution < -0.4 is 19.8 Å². The molecule has 1 atom stereocenters. The Bertz CT molecular complexity index is 1540. The van der Waals surface area contributed by atoms with E-state index in [1.165, 1.54) is 12.0 Å². The fraction of sp³-hybridized carbons (Fsp3) is 0.143. The molecule has 1 aliphatic rings. The molecule has 0 spiro atoms. The molecule has 176 valence electrons. The molecule has 1 aromatic heterocycles. The number of ether oxygens (including phenoxy) is 2. The van der Waals surface area contributed by atoms with E-state index < -0.39 is 11.9 Å². The summed E-state index contributed by atoms with van der Waals surface area (Å²) in [5.74, 6) is 0.660. The largest absolute Gasteiger partial charge is 0.495 e. The van der Waals surface area contributed by atoms with Crippen LogP contribution in [0.25, 0.3) is 11.0 Å². The van der Waals surface area contributed by atoms with Gasteiger partial charge in [0.05, 0.1) is 29.1 Å². The van der Waals surface area contributed by atoms with Gasteiger partial charge in [0.15, 0.2) is 5.43 Å². The monoisotopic (exact) mass is 487 g/mol. The first-order valence-corrected chi connectivity index (χ1v) is 11.4. The molecule has 1 aliphatic heterocycles. The third-order valence-electron chi connectivity index (χ3n) is 5.98. The van der Waals surface area contributed by atoms with Gasteiger partial charge in [0.25, 0.3) is 5.91 Å². The van der Waals surface area contributed by atoms with Crippen molar-refractivity contribution in [1.82, 2.24) is 0 Å². The second kappa shape index (κ2) is 8.96. The Morgan fingerprint density at radius 1 is 1.11 bits per heavy atom. The molecule has 35 heavy (non-hydrogen) atoms. The lowest BCUT2D eigenvalue weighted by Gasteiger charge is -2.26. The van der Waals surface area contributed by atoms with E-state index in [1.807, 2.05) is 37.3 Å². The zero-order valence-corrected chi connectivity index (χ0v) is 20.0. The van der Waals surface area contributed by atoms with E-state index in [-0.39, 0.29) is 16.8 Å². The lowest BCUT2D eigenvalue weighted by molar-refractivity contribution is 0.0971. The standard InChI is InChI=1S/C28H22ClNO5/c1-4-12-34-19-7-5-6-17(14-19)25-24-26(31)20-13-16(2)8-10-22(20)35-27(24)28(32)30(25)18-9-11-23(33-3)21(29)15-18/h4-11,13-15,25H,1,12H2,2-3H3. The fourth-order valence-electron chi connectivity index (χ4n) is 4.40. The van der Waals surface area contributed by atoms with E-state index in [0.717, 1.165) is 5.56 Å². The number of hydrogen-bond donors (Lipinski definition) is 0. The normalized spacial score (nSPS) is 14.8. The Morgan fingerprint density at radius 2 is 1.94 bits per heavy atom. The average molecular weight is 488 g/mol. The van der Waals surface area contributed by atoms with Crippen molar-refractivity contribution in [3.63, 3.8) is 0 Å². The highest BCUT2D eigenvalue weighted by Gasteiger charge is 2.44. The van der Waals surface area contributed by atoms with Crippen LogP contribution in [0.5, 0.6) is 11.5 Å². The summed E-state index contributed by atoms with van der Waals surface area (Å²) in [4.78, 5) is 29.0. The molecule has 5 rings (SSSR count). The zero-order valence-electron chi connectivity index (χ0n) is 19.2. The van der Waals surface area contributed by atoms with Gasteiger partial charge in [-0.2, -0.15) is 0 Å². The maximum Gasteiger partial charge on any atom is 0.295 e. The smallest absolute Gasteiger partial charge is 0.295 e. The van der Waals surface area contributed by atoms with Gasteiger partial charge in [0, 0.05) is 5.69 Å². The lowest BCUT2D eigenvalue weighted by atomic mass is 9.97. The Labute approximate surface area is 207 Å². The maximum absolute atomic E-state index is 13.8. The number of nitrogens with zero attached hydrogens (tertiary/aromatic N) is 1. The van der Waals surface area contributed by atoms with Crippen molar-refractivity contribution in [1.29, 1.82) is 0 Å². The molecular weight excluding hydrogens is 466 g/mol. The molecule has 0 N–H and O–H groups in total. The molecule has 6 nitrogen and oxygen atoms in total. The van der Waals surface area contributed by atoms with Crippen LogP contribution in [0.2, 0.25) is 5.02 Å². The van der Waals surface area contributed by atoms with Crippen molar-refractivity contribution in [2.45, 2.75) is 13.0 Å². The number of aryl methyl sites for hydroxylation is 1. The van der Waals surface area contributed by atoms with Gasteiger partial charge in [0.2, 0.25) is 5.76 Å². The fourth-order valence-corrected chi connectivity index (χ4v) is 4.66. The van der Waals surface area contributed by atoms with Crippen LogP contribution >= 0.6 is 11.6 Å². The number of fused-ring (bicyclic) bond motifs is 2. The summed E-state index contributed by atoms with van der Waals surface area (Å²) in [6.07, 6.45) is 1.65. The lowest BCUT2D eigenvalue weighted by Crippen LogP contribution is -2.29. The van der Waals surface area contributed by atoms with Gasteiger partial charge in [-0.15, -0.1) is 0 Å². The van der Waals surface area contributed by atoms with E-state index in [2.05, 4.69) is 6.58 Å². The van der Waals surface area contributed by atoms with Crippen molar-refractivity contribution in [3.05, 3.63) is 111 Å². The van der Waals surface area contributed by atoms with Gasteiger partial charge in [-0.3, -0.25) is 14.5 Å². The van der Waals surface area contributed by atoms with Crippen molar-refractivity contribution in [3.8, 4) is 11.5 Å². The number of carbonyl (C=O) groups excluding carboxylic acids is 1. The molecule has 3 aromatic carbocycles. The Morgan fingerprint density at radius 3 is 2.69 bits per heavy atom.